The Bertz CT molecular complexity index is 1000. The zero-order valence-electron chi connectivity index (χ0n) is 17.0. The predicted molar refractivity (Wildman–Crippen MR) is 110 cm³/mol. The van der Waals surface area contributed by atoms with Gasteiger partial charge in [0.1, 0.15) is 0 Å². The average Bonchev–Trinajstić information content (AvgIpc) is 3.47. The minimum atomic E-state index is -0.144. The monoisotopic (exact) mass is 425 g/mol. The van der Waals surface area contributed by atoms with E-state index in [1.807, 2.05) is 4.90 Å². The van der Waals surface area contributed by atoms with Crippen LogP contribution in [0.3, 0.4) is 0 Å². The second-order valence-corrected chi connectivity index (χ2v) is 7.53. The first-order valence-corrected chi connectivity index (χ1v) is 10.3. The van der Waals surface area contributed by atoms with Gasteiger partial charge in [0.25, 0.3) is 11.8 Å². The Hall–Kier alpha value is -3.46. The third-order valence-corrected chi connectivity index (χ3v) is 5.63. The summed E-state index contributed by atoms with van der Waals surface area (Å²) in [6.07, 6.45) is 0. The van der Waals surface area contributed by atoms with Crippen LogP contribution in [0, 0.1) is 0 Å². The molecule has 0 spiro atoms. The van der Waals surface area contributed by atoms with E-state index in [-0.39, 0.29) is 25.4 Å². The van der Waals surface area contributed by atoms with Crippen molar-refractivity contribution >= 4 is 11.8 Å². The largest absolute Gasteiger partial charge is 0.454 e. The molecule has 31 heavy (non-hydrogen) atoms. The van der Waals surface area contributed by atoms with Crippen molar-refractivity contribution in [2.45, 2.75) is 0 Å². The SMILES string of the molecule is O=C(NCCN1CCN(C(=O)c2ccc3c(c2)OCO3)CC1)c1ccc2c(c1)OCO2. The molecule has 1 saturated heterocycles. The topological polar surface area (TPSA) is 89.6 Å². The van der Waals surface area contributed by atoms with Crippen molar-refractivity contribution in [3.05, 3.63) is 47.5 Å². The molecule has 0 atom stereocenters. The molecule has 2 amide bonds. The Kier molecular flexibility index (Phi) is 5.25. The average molecular weight is 425 g/mol. The fourth-order valence-electron chi connectivity index (χ4n) is 3.85. The third-order valence-electron chi connectivity index (χ3n) is 5.63. The number of nitrogens with zero attached hydrogens (tertiary/aromatic N) is 2. The molecule has 0 saturated carbocycles. The molecule has 0 aliphatic carbocycles. The van der Waals surface area contributed by atoms with Gasteiger partial charge in [-0.2, -0.15) is 0 Å². The van der Waals surface area contributed by atoms with Gasteiger partial charge in [-0.3, -0.25) is 14.5 Å². The highest BCUT2D eigenvalue weighted by atomic mass is 16.7. The lowest BCUT2D eigenvalue weighted by Crippen LogP contribution is -2.50. The third kappa shape index (κ3) is 4.09. The lowest BCUT2D eigenvalue weighted by atomic mass is 10.1. The highest BCUT2D eigenvalue weighted by Gasteiger charge is 2.24. The van der Waals surface area contributed by atoms with Gasteiger partial charge in [-0.05, 0) is 36.4 Å². The van der Waals surface area contributed by atoms with Crippen LogP contribution < -0.4 is 24.3 Å². The van der Waals surface area contributed by atoms with Crippen molar-refractivity contribution < 1.29 is 28.5 Å². The van der Waals surface area contributed by atoms with Crippen LogP contribution in [0.2, 0.25) is 0 Å². The molecule has 3 aliphatic heterocycles. The molecule has 0 aromatic heterocycles. The van der Waals surface area contributed by atoms with Gasteiger partial charge in [-0.25, -0.2) is 0 Å². The Labute approximate surface area is 179 Å². The molecular formula is C22H23N3O6. The van der Waals surface area contributed by atoms with E-state index >= 15 is 0 Å². The molecule has 2 aromatic carbocycles. The summed E-state index contributed by atoms with van der Waals surface area (Å²) in [5.41, 5.74) is 1.15. The highest BCUT2D eigenvalue weighted by Crippen LogP contribution is 2.33. The first-order valence-electron chi connectivity index (χ1n) is 10.3. The molecule has 0 radical (unpaired) electrons. The van der Waals surface area contributed by atoms with Crippen molar-refractivity contribution in [3.63, 3.8) is 0 Å². The van der Waals surface area contributed by atoms with Gasteiger partial charge in [0.15, 0.2) is 23.0 Å². The summed E-state index contributed by atoms with van der Waals surface area (Å²) in [6, 6.07) is 10.4. The smallest absolute Gasteiger partial charge is 0.254 e. The molecule has 9 heteroatoms. The molecule has 1 N–H and O–H groups in total. The summed E-state index contributed by atoms with van der Waals surface area (Å²) < 4.78 is 21.2. The number of hydrogen-bond donors (Lipinski definition) is 1. The summed E-state index contributed by atoms with van der Waals surface area (Å²) in [5, 5.41) is 2.94. The summed E-state index contributed by atoms with van der Waals surface area (Å²) in [4.78, 5) is 29.2. The van der Waals surface area contributed by atoms with E-state index in [0.717, 1.165) is 19.6 Å². The number of carbonyl (C=O) groups is 2. The van der Waals surface area contributed by atoms with Crippen molar-refractivity contribution in [3.8, 4) is 23.0 Å². The molecular weight excluding hydrogens is 402 g/mol. The van der Waals surface area contributed by atoms with E-state index in [1.165, 1.54) is 0 Å². The summed E-state index contributed by atoms with van der Waals surface area (Å²) >= 11 is 0. The maximum atomic E-state index is 12.8. The number of ether oxygens (including phenoxy) is 4. The predicted octanol–water partition coefficient (Wildman–Crippen LogP) is 1.33. The van der Waals surface area contributed by atoms with Crippen molar-refractivity contribution in [1.29, 1.82) is 0 Å². The first kappa shape index (κ1) is 19.5. The zero-order chi connectivity index (χ0) is 21.2. The van der Waals surface area contributed by atoms with Crippen LogP contribution in [-0.2, 0) is 0 Å². The van der Waals surface area contributed by atoms with E-state index in [1.54, 1.807) is 36.4 Å². The van der Waals surface area contributed by atoms with Gasteiger partial charge in [-0.1, -0.05) is 0 Å². The molecule has 3 heterocycles. The fourth-order valence-corrected chi connectivity index (χ4v) is 3.85. The molecule has 2 aromatic rings. The van der Waals surface area contributed by atoms with E-state index in [9.17, 15) is 9.59 Å². The van der Waals surface area contributed by atoms with Crippen molar-refractivity contribution in [2.75, 3.05) is 52.9 Å². The molecule has 1 fully saturated rings. The molecule has 0 bridgehead atoms. The lowest BCUT2D eigenvalue weighted by molar-refractivity contribution is 0.0637. The summed E-state index contributed by atoms with van der Waals surface area (Å²) in [6.45, 7) is 4.44. The first-order chi connectivity index (χ1) is 15.2. The molecule has 5 rings (SSSR count). The van der Waals surface area contributed by atoms with Gasteiger partial charge in [0.05, 0.1) is 0 Å². The van der Waals surface area contributed by atoms with E-state index < -0.39 is 0 Å². The number of rotatable bonds is 5. The Morgan fingerprint density at radius 2 is 1.35 bits per heavy atom. The Morgan fingerprint density at radius 1 is 0.774 bits per heavy atom. The molecule has 9 nitrogen and oxygen atoms in total. The Morgan fingerprint density at radius 3 is 2.03 bits per heavy atom. The van der Waals surface area contributed by atoms with Crippen LogP contribution in [0.25, 0.3) is 0 Å². The zero-order valence-corrected chi connectivity index (χ0v) is 17.0. The summed E-state index contributed by atoms with van der Waals surface area (Å²) in [5.74, 6) is 2.39. The quantitative estimate of drug-likeness (QED) is 0.773. The number of hydrogen-bond acceptors (Lipinski definition) is 7. The van der Waals surface area contributed by atoms with E-state index in [4.69, 9.17) is 18.9 Å². The normalized spacial score (nSPS) is 17.0. The number of fused-ring (bicyclic) bond motifs is 2. The standard InChI is InChI=1S/C22H23N3O6/c26-21(15-1-3-17-19(11-15)30-13-28-17)23-5-6-24-7-9-25(10-8-24)22(27)16-2-4-18-20(12-16)31-14-29-18/h1-4,11-12H,5-10,13-14H2,(H,23,26). The van der Waals surface area contributed by atoms with Crippen molar-refractivity contribution in [1.82, 2.24) is 15.1 Å². The number of nitrogens with one attached hydrogen (secondary N) is 1. The van der Waals surface area contributed by atoms with Gasteiger partial charge >= 0.3 is 0 Å². The van der Waals surface area contributed by atoms with Gasteiger partial charge < -0.3 is 29.2 Å². The number of piperazine rings is 1. The van der Waals surface area contributed by atoms with Gasteiger partial charge in [-0.15, -0.1) is 0 Å². The minimum Gasteiger partial charge on any atom is -0.454 e. The maximum absolute atomic E-state index is 12.8. The van der Waals surface area contributed by atoms with Crippen LogP contribution in [0.4, 0.5) is 0 Å². The van der Waals surface area contributed by atoms with Crippen molar-refractivity contribution in [2.24, 2.45) is 0 Å². The Balaban J connectivity index is 1.07. The number of carbonyl (C=O) groups excluding carboxylic acids is 2. The molecule has 3 aliphatic rings. The van der Waals surface area contributed by atoms with Crippen LogP contribution in [-0.4, -0.2) is 74.5 Å². The highest BCUT2D eigenvalue weighted by molar-refractivity contribution is 5.95. The summed E-state index contributed by atoms with van der Waals surface area (Å²) in [7, 11) is 0. The maximum Gasteiger partial charge on any atom is 0.254 e. The van der Waals surface area contributed by atoms with Gasteiger partial charge in [0, 0.05) is 50.4 Å². The molecule has 0 unspecified atom stereocenters. The van der Waals surface area contributed by atoms with Crippen LogP contribution in [0.5, 0.6) is 23.0 Å². The molecule has 162 valence electrons. The van der Waals surface area contributed by atoms with E-state index in [2.05, 4.69) is 10.2 Å². The van der Waals surface area contributed by atoms with Gasteiger partial charge in [0.2, 0.25) is 13.6 Å². The fraction of sp³-hybridized carbons (Fsp3) is 0.364. The number of amides is 2. The number of benzene rings is 2. The van der Waals surface area contributed by atoms with Crippen LogP contribution in [0.1, 0.15) is 20.7 Å². The lowest BCUT2D eigenvalue weighted by Gasteiger charge is -2.34. The van der Waals surface area contributed by atoms with Crippen LogP contribution in [0.15, 0.2) is 36.4 Å². The minimum absolute atomic E-state index is 0.00550. The second-order valence-electron chi connectivity index (χ2n) is 7.53. The van der Waals surface area contributed by atoms with E-state index in [0.29, 0.717) is 53.8 Å². The second kappa shape index (κ2) is 8.35. The van der Waals surface area contributed by atoms with Crippen LogP contribution >= 0.6 is 0 Å².